The van der Waals surface area contributed by atoms with Gasteiger partial charge in [0.1, 0.15) is 49.4 Å². The van der Waals surface area contributed by atoms with E-state index >= 15 is 0 Å². The molecule has 0 N–H and O–H groups in total. The molecule has 0 saturated carbocycles. The van der Waals surface area contributed by atoms with E-state index in [1.165, 1.54) is 36.4 Å². The number of nitrogens with zero attached hydrogens (tertiary/aromatic N) is 3. The molecule has 0 saturated heterocycles. The van der Waals surface area contributed by atoms with Gasteiger partial charge in [-0.3, -0.25) is 30.3 Å². The number of benzene rings is 4. The molecule has 0 amide bonds. The zero-order chi connectivity index (χ0) is 48.2. The third-order valence-corrected chi connectivity index (χ3v) is 11.1. The molecule has 4 aromatic carbocycles. The molecule has 12 bridgehead atoms. The van der Waals surface area contributed by atoms with E-state index in [2.05, 4.69) is 0 Å². The Morgan fingerprint density at radius 1 is 0.290 bits per heavy atom. The van der Waals surface area contributed by atoms with E-state index in [9.17, 15) is 30.3 Å². The van der Waals surface area contributed by atoms with Crippen LogP contribution in [0.2, 0.25) is 0 Å². The molecule has 1 aliphatic carbocycles. The number of nitro benzene ring substituents is 3. The minimum Gasteiger partial charge on any atom is -0.491 e. The van der Waals surface area contributed by atoms with Gasteiger partial charge in [-0.15, -0.1) is 0 Å². The highest BCUT2D eigenvalue weighted by atomic mass is 16.6. The van der Waals surface area contributed by atoms with Crippen molar-refractivity contribution in [3.63, 3.8) is 0 Å². The van der Waals surface area contributed by atoms with E-state index in [1.807, 2.05) is 18.2 Å². The maximum absolute atomic E-state index is 12.8. The van der Waals surface area contributed by atoms with Crippen molar-refractivity contribution in [3.8, 4) is 23.0 Å². The highest BCUT2D eigenvalue weighted by Crippen LogP contribution is 2.42. The summed E-state index contributed by atoms with van der Waals surface area (Å²) in [6, 6.07) is 13.9. The first-order valence-electron chi connectivity index (χ1n) is 22.9. The quantitative estimate of drug-likeness (QED) is 0.154. The van der Waals surface area contributed by atoms with Crippen LogP contribution in [0.5, 0.6) is 23.0 Å². The van der Waals surface area contributed by atoms with Gasteiger partial charge in [-0.2, -0.15) is 0 Å². The Morgan fingerprint density at radius 3 is 0.696 bits per heavy atom. The summed E-state index contributed by atoms with van der Waals surface area (Å²) in [5.74, 6) is 1.26. The van der Waals surface area contributed by atoms with Gasteiger partial charge in [-0.1, -0.05) is 18.2 Å². The summed E-state index contributed by atoms with van der Waals surface area (Å²) < 4.78 is 72.2. The standard InChI is InChI=1S/C48H57N3O18/c52-49(53)42-28-36-24-34-2-1-3-35-25-37-29-43(50(54)55)31-39-27-41-33-44(51(56)57)32-40(48(41)69-23-19-65-15-11-61-5-4-58-8-12-62-16-20-66-45(34)35)26-38(30-42)46(36)67-21-17-63-13-9-59-6-7-60-10-14-64-18-22-68-47(37)39/h1-3,28-33H,4-27H2. The lowest BCUT2D eigenvalue weighted by atomic mass is 9.90. The highest BCUT2D eigenvalue weighted by Gasteiger charge is 2.28. The van der Waals surface area contributed by atoms with Gasteiger partial charge in [0.25, 0.3) is 17.1 Å². The first-order valence-corrected chi connectivity index (χ1v) is 22.9. The number of non-ortho nitro benzene ring substituents is 3. The van der Waals surface area contributed by atoms with E-state index in [0.717, 1.165) is 0 Å². The summed E-state index contributed by atoms with van der Waals surface area (Å²) in [4.78, 5) is 36.7. The summed E-state index contributed by atoms with van der Waals surface area (Å²) in [6.45, 7) is 4.30. The molecule has 372 valence electrons. The Hall–Kier alpha value is -6.04. The molecule has 0 spiro atoms. The lowest BCUT2D eigenvalue weighted by Crippen LogP contribution is -2.15. The van der Waals surface area contributed by atoms with Gasteiger partial charge < -0.3 is 56.8 Å². The van der Waals surface area contributed by atoms with E-state index in [0.29, 0.717) is 108 Å². The fourth-order valence-electron chi connectivity index (χ4n) is 8.13. The zero-order valence-corrected chi connectivity index (χ0v) is 38.4. The SMILES string of the molecule is O=[N+]([O-])c1cc2c3c(c1)Cc1cc([N+](=O)[O-])cc4c1OCCOCCOCCOCCOCCOc1c(cc([N+](=O)[O-])cc1C2)Cc1cccc(c1OCCOCCOCCOCCOCCO3)C4. The third kappa shape index (κ3) is 15.0. The van der Waals surface area contributed by atoms with Crippen LogP contribution in [0.1, 0.15) is 44.5 Å². The average molecular weight is 964 g/mol. The second kappa shape index (κ2) is 26.6. The van der Waals surface area contributed by atoms with E-state index in [1.54, 1.807) is 0 Å². The van der Waals surface area contributed by atoms with Crippen LogP contribution in [-0.4, -0.2) is 147 Å². The smallest absolute Gasteiger partial charge is 0.270 e. The molecule has 0 fully saturated rings. The fraction of sp³-hybridized carbons (Fsp3) is 0.500. The van der Waals surface area contributed by atoms with Crippen LogP contribution >= 0.6 is 0 Å². The van der Waals surface area contributed by atoms with E-state index in [4.69, 9.17) is 56.8 Å². The monoisotopic (exact) mass is 963 g/mol. The number of nitro groups is 3. The highest BCUT2D eigenvalue weighted by molar-refractivity contribution is 5.61. The van der Waals surface area contributed by atoms with Crippen LogP contribution in [0.25, 0.3) is 0 Å². The Bertz CT molecular complexity index is 2230. The Labute approximate surface area is 398 Å². The maximum Gasteiger partial charge on any atom is 0.270 e. The number of hydrogen-bond donors (Lipinski definition) is 0. The molecule has 69 heavy (non-hydrogen) atoms. The van der Waals surface area contributed by atoms with Gasteiger partial charge in [-0.25, -0.2) is 0 Å². The summed E-state index contributed by atoms with van der Waals surface area (Å²) in [5, 5.41) is 38.3. The van der Waals surface area contributed by atoms with Crippen molar-refractivity contribution >= 4 is 17.1 Å². The number of para-hydroxylation sites is 1. The first kappa shape index (κ1) is 50.8. The zero-order valence-electron chi connectivity index (χ0n) is 38.4. The van der Waals surface area contributed by atoms with Gasteiger partial charge in [-0.05, 0) is 11.1 Å². The third-order valence-electron chi connectivity index (χ3n) is 11.1. The summed E-state index contributed by atoms with van der Waals surface area (Å²) in [6.07, 6.45) is -0.155. The van der Waals surface area contributed by atoms with Crippen LogP contribution in [0.3, 0.4) is 0 Å². The largest absolute Gasteiger partial charge is 0.491 e. The molecule has 0 unspecified atom stereocenters. The van der Waals surface area contributed by atoms with Gasteiger partial charge in [0, 0.05) is 95.5 Å². The van der Waals surface area contributed by atoms with Crippen LogP contribution in [0, 0.1) is 30.3 Å². The van der Waals surface area contributed by atoms with Gasteiger partial charge in [0.2, 0.25) is 0 Å². The maximum atomic E-state index is 12.8. The number of ether oxygens (including phenoxy) is 12. The molecule has 0 radical (unpaired) electrons. The van der Waals surface area contributed by atoms with E-state index in [-0.39, 0.29) is 134 Å². The molecule has 3 aliphatic rings. The second-order valence-corrected chi connectivity index (χ2v) is 16.0. The van der Waals surface area contributed by atoms with Crippen molar-refractivity contribution in [2.45, 2.75) is 25.7 Å². The molecule has 4 aromatic rings. The normalized spacial score (nSPS) is 18.0. The fourth-order valence-corrected chi connectivity index (χ4v) is 8.13. The number of hydrogen-bond acceptors (Lipinski definition) is 18. The lowest BCUT2D eigenvalue weighted by Gasteiger charge is -2.23. The molecule has 21 nitrogen and oxygen atoms in total. The molecular formula is C48H57N3O18. The molecular weight excluding hydrogens is 907 g/mol. The van der Waals surface area contributed by atoms with Gasteiger partial charge >= 0.3 is 0 Å². The van der Waals surface area contributed by atoms with Crippen molar-refractivity contribution in [1.29, 1.82) is 0 Å². The molecule has 2 aliphatic heterocycles. The molecule has 0 aromatic heterocycles. The Kier molecular flexibility index (Phi) is 19.6. The summed E-state index contributed by atoms with van der Waals surface area (Å²) >= 11 is 0. The molecule has 7 rings (SSSR count). The van der Waals surface area contributed by atoms with Crippen LogP contribution in [0.4, 0.5) is 17.1 Å². The summed E-state index contributed by atoms with van der Waals surface area (Å²) in [5.41, 5.74) is 2.57. The lowest BCUT2D eigenvalue weighted by molar-refractivity contribution is -0.385. The minimum absolute atomic E-state index is 0.0203. The van der Waals surface area contributed by atoms with Crippen molar-refractivity contribution < 1.29 is 71.6 Å². The molecule has 21 heteroatoms. The van der Waals surface area contributed by atoms with Crippen LogP contribution < -0.4 is 18.9 Å². The van der Waals surface area contributed by atoms with Crippen molar-refractivity contribution in [2.24, 2.45) is 0 Å². The van der Waals surface area contributed by atoms with Crippen LogP contribution in [-0.2, 0) is 63.6 Å². The predicted octanol–water partition coefficient (Wildman–Crippen LogP) is 5.76. The Morgan fingerprint density at radius 2 is 0.478 bits per heavy atom. The van der Waals surface area contributed by atoms with Gasteiger partial charge in [0.15, 0.2) is 0 Å². The topological polar surface area (TPSA) is 240 Å². The van der Waals surface area contributed by atoms with E-state index < -0.39 is 14.8 Å². The second-order valence-electron chi connectivity index (χ2n) is 16.0. The average Bonchev–Trinajstić information content (AvgIpc) is 3.32. The van der Waals surface area contributed by atoms with Crippen LogP contribution in [0.15, 0.2) is 54.6 Å². The minimum atomic E-state index is -0.547. The predicted molar refractivity (Wildman–Crippen MR) is 245 cm³/mol. The van der Waals surface area contributed by atoms with Crippen molar-refractivity contribution in [2.75, 3.05) is 132 Å². The number of rotatable bonds is 3. The first-order chi connectivity index (χ1) is 33.7. The van der Waals surface area contributed by atoms with Crippen molar-refractivity contribution in [3.05, 3.63) is 129 Å². The van der Waals surface area contributed by atoms with Gasteiger partial charge in [0.05, 0.1) is 120 Å². The summed E-state index contributed by atoms with van der Waals surface area (Å²) in [7, 11) is 0. The molecule has 2 heterocycles. The molecule has 0 atom stereocenters. The Balaban J connectivity index is 1.47. The van der Waals surface area contributed by atoms with Crippen molar-refractivity contribution in [1.82, 2.24) is 0 Å².